The highest BCUT2D eigenvalue weighted by atomic mass is 15.1. The van der Waals surface area contributed by atoms with Crippen molar-refractivity contribution in [2.45, 2.75) is 40.4 Å². The van der Waals surface area contributed by atoms with Crippen LogP contribution in [-0.4, -0.2) is 15.0 Å². The second-order valence-corrected chi connectivity index (χ2v) is 6.92. The Hall–Kier alpha value is -3.54. The average molecular weight is 400 g/mol. The molecule has 6 heteroatoms. The lowest BCUT2D eigenvalue weighted by Crippen LogP contribution is -2.37. The molecule has 4 heterocycles. The third-order valence-electron chi connectivity index (χ3n) is 5.17. The summed E-state index contributed by atoms with van der Waals surface area (Å²) in [5.41, 5.74) is 2.92. The van der Waals surface area contributed by atoms with Crippen LogP contribution in [-0.2, 0) is 19.6 Å². The number of pyridine rings is 3. The molecule has 0 bridgehead atoms. The van der Waals surface area contributed by atoms with Crippen LogP contribution < -0.4 is 13.7 Å². The summed E-state index contributed by atoms with van der Waals surface area (Å²) in [6, 6.07) is 18.3. The van der Waals surface area contributed by atoms with Gasteiger partial charge in [-0.2, -0.15) is 28.7 Å². The average Bonchev–Trinajstić information content (AvgIpc) is 2.83. The van der Waals surface area contributed by atoms with Crippen molar-refractivity contribution in [2.24, 2.45) is 0 Å². The summed E-state index contributed by atoms with van der Waals surface area (Å²) in [6.07, 6.45) is 6.17. The highest BCUT2D eigenvalue weighted by molar-refractivity contribution is 5.58. The molecule has 150 valence electrons. The SMILES string of the molecule is CC[n+]1ccccc1-c1nc(-c2cccc[n+]2CC)nc(-c2cccc[n+]2CC)n1. The third-order valence-corrected chi connectivity index (χ3v) is 5.17. The van der Waals surface area contributed by atoms with E-state index < -0.39 is 0 Å². The van der Waals surface area contributed by atoms with Crippen LogP contribution in [0.5, 0.6) is 0 Å². The summed E-state index contributed by atoms with van der Waals surface area (Å²) in [4.78, 5) is 14.7. The van der Waals surface area contributed by atoms with Gasteiger partial charge in [-0.05, 0) is 39.0 Å². The van der Waals surface area contributed by atoms with Gasteiger partial charge < -0.3 is 0 Å². The Kier molecular flexibility index (Phi) is 5.84. The third kappa shape index (κ3) is 3.81. The van der Waals surface area contributed by atoms with Gasteiger partial charge in [0, 0.05) is 36.4 Å². The zero-order valence-corrected chi connectivity index (χ0v) is 17.7. The molecule has 0 N–H and O–H groups in total. The Morgan fingerprint density at radius 3 is 1.07 bits per heavy atom. The Labute approximate surface area is 177 Å². The number of nitrogens with zero attached hydrogens (tertiary/aromatic N) is 6. The number of rotatable bonds is 6. The molecule has 0 aliphatic heterocycles. The fraction of sp³-hybridized carbons (Fsp3) is 0.250. The molecule has 4 aromatic rings. The summed E-state index contributed by atoms with van der Waals surface area (Å²) in [7, 11) is 0. The lowest BCUT2D eigenvalue weighted by atomic mass is 10.2. The highest BCUT2D eigenvalue weighted by Gasteiger charge is 2.24. The quantitative estimate of drug-likeness (QED) is 0.469. The summed E-state index contributed by atoms with van der Waals surface area (Å²) < 4.78 is 6.46. The van der Waals surface area contributed by atoms with Crippen molar-refractivity contribution in [3.05, 3.63) is 73.2 Å². The molecule has 0 amide bonds. The van der Waals surface area contributed by atoms with Gasteiger partial charge >= 0.3 is 0 Å². The lowest BCUT2D eigenvalue weighted by molar-refractivity contribution is -0.683. The Morgan fingerprint density at radius 1 is 0.500 bits per heavy atom. The minimum Gasteiger partial charge on any atom is -0.197 e. The standard InChI is InChI=1S/C24H27N6/c1-4-28-16-10-7-13-19(28)22-25-23(20-14-8-11-17-29(20)5-2)27-24(26-22)21-15-9-12-18-30(21)6-3/h7-18H,4-6H2,1-3H3/q+3. The molecular formula is C24H27N6+3. The minimum absolute atomic E-state index is 0.676. The normalized spacial score (nSPS) is 10.9. The predicted molar refractivity (Wildman–Crippen MR) is 114 cm³/mol. The molecule has 30 heavy (non-hydrogen) atoms. The van der Waals surface area contributed by atoms with E-state index >= 15 is 0 Å². The van der Waals surface area contributed by atoms with E-state index in [-0.39, 0.29) is 0 Å². The molecule has 0 radical (unpaired) electrons. The monoisotopic (exact) mass is 399 g/mol. The van der Waals surface area contributed by atoms with Crippen molar-refractivity contribution in [3.8, 4) is 34.6 Å². The molecule has 0 unspecified atom stereocenters. The van der Waals surface area contributed by atoms with Gasteiger partial charge in [-0.1, -0.05) is 0 Å². The number of aromatic nitrogens is 6. The van der Waals surface area contributed by atoms with Gasteiger partial charge in [-0.3, -0.25) is 0 Å². The molecule has 0 aliphatic carbocycles. The number of aryl methyl sites for hydroxylation is 3. The largest absolute Gasteiger partial charge is 0.250 e. The smallest absolute Gasteiger partial charge is 0.197 e. The van der Waals surface area contributed by atoms with Crippen LogP contribution in [0.2, 0.25) is 0 Å². The minimum atomic E-state index is 0.676. The fourth-order valence-corrected chi connectivity index (χ4v) is 3.58. The molecule has 0 aliphatic rings. The second-order valence-electron chi connectivity index (χ2n) is 6.92. The van der Waals surface area contributed by atoms with Crippen LogP contribution in [0.3, 0.4) is 0 Å². The first-order valence-electron chi connectivity index (χ1n) is 10.5. The molecule has 0 fully saturated rings. The van der Waals surface area contributed by atoms with Crippen LogP contribution >= 0.6 is 0 Å². The van der Waals surface area contributed by atoms with Crippen LogP contribution in [0.25, 0.3) is 34.6 Å². The zero-order valence-electron chi connectivity index (χ0n) is 17.7. The first-order valence-corrected chi connectivity index (χ1v) is 10.5. The topological polar surface area (TPSA) is 50.3 Å². The van der Waals surface area contributed by atoms with Crippen molar-refractivity contribution in [2.75, 3.05) is 0 Å². The molecule has 0 spiro atoms. The van der Waals surface area contributed by atoms with E-state index in [9.17, 15) is 0 Å². The molecule has 6 nitrogen and oxygen atoms in total. The molecule has 4 aromatic heterocycles. The van der Waals surface area contributed by atoms with E-state index in [0.717, 1.165) is 36.7 Å². The maximum absolute atomic E-state index is 4.90. The van der Waals surface area contributed by atoms with Crippen LogP contribution in [0, 0.1) is 0 Å². The van der Waals surface area contributed by atoms with E-state index in [2.05, 4.69) is 71.3 Å². The number of hydrogen-bond donors (Lipinski definition) is 0. The molecular weight excluding hydrogens is 372 g/mol. The fourth-order valence-electron chi connectivity index (χ4n) is 3.58. The van der Waals surface area contributed by atoms with E-state index in [1.54, 1.807) is 0 Å². The van der Waals surface area contributed by atoms with Crippen LogP contribution in [0.4, 0.5) is 0 Å². The van der Waals surface area contributed by atoms with Crippen molar-refractivity contribution in [1.29, 1.82) is 0 Å². The van der Waals surface area contributed by atoms with Gasteiger partial charge in [0.15, 0.2) is 18.6 Å². The molecule has 4 rings (SSSR count). The summed E-state index contributed by atoms with van der Waals surface area (Å²) in [6.45, 7) is 8.89. The van der Waals surface area contributed by atoms with Gasteiger partial charge in [0.1, 0.15) is 19.6 Å². The zero-order chi connectivity index (χ0) is 20.9. The van der Waals surface area contributed by atoms with Gasteiger partial charge in [0.2, 0.25) is 34.6 Å². The van der Waals surface area contributed by atoms with Gasteiger partial charge in [-0.15, -0.1) is 0 Å². The summed E-state index contributed by atoms with van der Waals surface area (Å²) in [5, 5.41) is 0. The Balaban J connectivity index is 2.00. The second kappa shape index (κ2) is 8.86. The van der Waals surface area contributed by atoms with Gasteiger partial charge in [0.25, 0.3) is 0 Å². The van der Waals surface area contributed by atoms with E-state index in [0.29, 0.717) is 17.5 Å². The maximum atomic E-state index is 4.90. The highest BCUT2D eigenvalue weighted by Crippen LogP contribution is 2.20. The predicted octanol–water partition coefficient (Wildman–Crippen LogP) is 2.79. The molecule has 0 aromatic carbocycles. The first kappa shape index (κ1) is 19.8. The van der Waals surface area contributed by atoms with Gasteiger partial charge in [0.05, 0.1) is 0 Å². The van der Waals surface area contributed by atoms with Crippen molar-refractivity contribution < 1.29 is 13.7 Å². The van der Waals surface area contributed by atoms with Crippen LogP contribution in [0.1, 0.15) is 20.8 Å². The molecule has 0 atom stereocenters. The maximum Gasteiger partial charge on any atom is 0.250 e. The summed E-state index contributed by atoms with van der Waals surface area (Å²) in [5.74, 6) is 2.03. The van der Waals surface area contributed by atoms with E-state index in [1.807, 2.05) is 36.4 Å². The van der Waals surface area contributed by atoms with Crippen LogP contribution in [0.15, 0.2) is 73.2 Å². The molecule has 0 saturated heterocycles. The van der Waals surface area contributed by atoms with Gasteiger partial charge in [-0.25, -0.2) is 0 Å². The Morgan fingerprint density at radius 2 is 0.800 bits per heavy atom. The van der Waals surface area contributed by atoms with Crippen molar-refractivity contribution >= 4 is 0 Å². The first-order chi connectivity index (χ1) is 14.7. The summed E-state index contributed by atoms with van der Waals surface area (Å²) >= 11 is 0. The van der Waals surface area contributed by atoms with E-state index in [1.165, 1.54) is 0 Å². The van der Waals surface area contributed by atoms with Crippen molar-refractivity contribution in [3.63, 3.8) is 0 Å². The lowest BCUT2D eigenvalue weighted by Gasteiger charge is -2.07. The number of hydrogen-bond acceptors (Lipinski definition) is 3. The Bertz CT molecular complexity index is 1010. The van der Waals surface area contributed by atoms with E-state index in [4.69, 9.17) is 15.0 Å². The molecule has 0 saturated carbocycles. The van der Waals surface area contributed by atoms with Crippen molar-refractivity contribution in [1.82, 2.24) is 15.0 Å².